The topological polar surface area (TPSA) is 82.3 Å². The van der Waals surface area contributed by atoms with Crippen LogP contribution in [-0.4, -0.2) is 30.3 Å². The molecule has 0 saturated heterocycles. The van der Waals surface area contributed by atoms with E-state index in [4.69, 9.17) is 10.00 Å². The second-order valence-corrected chi connectivity index (χ2v) is 4.08. The van der Waals surface area contributed by atoms with Crippen molar-refractivity contribution in [2.24, 2.45) is 0 Å². The SMILES string of the molecule is CCOC(=O)CC(O)CNc1ccc(CC#N)cc1. The van der Waals surface area contributed by atoms with E-state index < -0.39 is 12.1 Å². The number of nitrogens with one attached hydrogen (secondary N) is 1. The predicted molar refractivity (Wildman–Crippen MR) is 71.5 cm³/mol. The Balaban J connectivity index is 2.35. The summed E-state index contributed by atoms with van der Waals surface area (Å²) in [4.78, 5) is 11.1. The number of hydrogen-bond acceptors (Lipinski definition) is 5. The highest BCUT2D eigenvalue weighted by molar-refractivity contribution is 5.70. The van der Waals surface area contributed by atoms with Crippen LogP contribution >= 0.6 is 0 Å². The van der Waals surface area contributed by atoms with Gasteiger partial charge in [-0.05, 0) is 24.6 Å². The first-order chi connectivity index (χ1) is 9.15. The minimum Gasteiger partial charge on any atom is -0.466 e. The molecule has 1 atom stereocenters. The third-order valence-electron chi connectivity index (χ3n) is 2.49. The molecule has 0 aliphatic carbocycles. The first kappa shape index (κ1) is 15.0. The summed E-state index contributed by atoms with van der Waals surface area (Å²) in [6.45, 7) is 2.32. The molecule has 0 spiro atoms. The molecule has 0 bridgehead atoms. The Morgan fingerprint density at radius 2 is 2.16 bits per heavy atom. The monoisotopic (exact) mass is 262 g/mol. The van der Waals surface area contributed by atoms with Crippen molar-refractivity contribution in [3.63, 3.8) is 0 Å². The minimum absolute atomic E-state index is 0.0205. The Bertz CT molecular complexity index is 437. The van der Waals surface area contributed by atoms with E-state index >= 15 is 0 Å². The summed E-state index contributed by atoms with van der Waals surface area (Å²) in [5.41, 5.74) is 1.78. The average Bonchev–Trinajstić information content (AvgIpc) is 2.38. The zero-order valence-electron chi connectivity index (χ0n) is 10.9. The highest BCUT2D eigenvalue weighted by Crippen LogP contribution is 2.10. The van der Waals surface area contributed by atoms with Gasteiger partial charge in [-0.1, -0.05) is 12.1 Å². The Kier molecular flexibility index (Phi) is 6.41. The molecule has 0 saturated carbocycles. The van der Waals surface area contributed by atoms with E-state index in [-0.39, 0.29) is 13.0 Å². The Hall–Kier alpha value is -2.06. The predicted octanol–water partition coefficient (Wildman–Crippen LogP) is 1.48. The van der Waals surface area contributed by atoms with Crippen molar-refractivity contribution in [3.8, 4) is 6.07 Å². The number of carbonyl (C=O) groups is 1. The molecule has 1 aromatic carbocycles. The van der Waals surface area contributed by atoms with Crippen LogP contribution in [0.4, 0.5) is 5.69 Å². The van der Waals surface area contributed by atoms with Gasteiger partial charge in [-0.25, -0.2) is 0 Å². The molecule has 5 nitrogen and oxygen atoms in total. The number of benzene rings is 1. The molecule has 0 aliphatic heterocycles. The Morgan fingerprint density at radius 1 is 1.47 bits per heavy atom. The summed E-state index contributed by atoms with van der Waals surface area (Å²) >= 11 is 0. The molecule has 1 aromatic rings. The summed E-state index contributed by atoms with van der Waals surface area (Å²) in [5.74, 6) is -0.402. The molecule has 102 valence electrons. The van der Waals surface area contributed by atoms with Gasteiger partial charge in [0.15, 0.2) is 0 Å². The summed E-state index contributed by atoms with van der Waals surface area (Å²) in [5, 5.41) is 21.2. The fourth-order valence-electron chi connectivity index (χ4n) is 1.55. The van der Waals surface area contributed by atoms with Crippen molar-refractivity contribution in [1.82, 2.24) is 0 Å². The van der Waals surface area contributed by atoms with Crippen LogP contribution in [0, 0.1) is 11.3 Å². The average molecular weight is 262 g/mol. The first-order valence-corrected chi connectivity index (χ1v) is 6.19. The normalized spacial score (nSPS) is 11.4. The van der Waals surface area contributed by atoms with Crippen LogP contribution in [0.3, 0.4) is 0 Å². The van der Waals surface area contributed by atoms with Gasteiger partial charge in [0.25, 0.3) is 0 Å². The fourth-order valence-corrected chi connectivity index (χ4v) is 1.55. The van der Waals surface area contributed by atoms with E-state index in [9.17, 15) is 9.90 Å². The number of aliphatic hydroxyl groups excluding tert-OH is 1. The molecule has 2 N–H and O–H groups in total. The van der Waals surface area contributed by atoms with Crippen LogP contribution in [0.25, 0.3) is 0 Å². The maximum absolute atomic E-state index is 11.1. The van der Waals surface area contributed by atoms with Crippen LogP contribution in [-0.2, 0) is 16.0 Å². The van der Waals surface area contributed by atoms with Crippen molar-refractivity contribution in [3.05, 3.63) is 29.8 Å². The smallest absolute Gasteiger partial charge is 0.308 e. The molecule has 1 unspecified atom stereocenters. The molecular formula is C14H18N2O3. The molecular weight excluding hydrogens is 244 g/mol. The van der Waals surface area contributed by atoms with E-state index in [1.165, 1.54) is 0 Å². The molecule has 0 radical (unpaired) electrons. The number of anilines is 1. The standard InChI is InChI=1S/C14H18N2O3/c1-2-19-14(18)9-13(17)10-16-12-5-3-11(4-6-12)7-8-15/h3-6,13,16-17H,2,7,9-10H2,1H3. The third kappa shape index (κ3) is 5.89. The van der Waals surface area contributed by atoms with Gasteiger partial charge in [-0.3, -0.25) is 4.79 Å². The van der Waals surface area contributed by atoms with E-state index in [1.807, 2.05) is 24.3 Å². The number of esters is 1. The van der Waals surface area contributed by atoms with Crippen molar-refractivity contribution in [2.45, 2.75) is 25.9 Å². The van der Waals surface area contributed by atoms with Crippen molar-refractivity contribution >= 4 is 11.7 Å². The number of ether oxygens (including phenoxy) is 1. The van der Waals surface area contributed by atoms with E-state index in [0.29, 0.717) is 13.0 Å². The quantitative estimate of drug-likeness (QED) is 0.727. The van der Waals surface area contributed by atoms with Gasteiger partial charge in [0, 0.05) is 12.2 Å². The molecule has 0 amide bonds. The summed E-state index contributed by atoms with van der Waals surface area (Å²) in [6.07, 6.45) is -0.420. The third-order valence-corrected chi connectivity index (χ3v) is 2.49. The number of rotatable bonds is 7. The lowest BCUT2D eigenvalue weighted by Gasteiger charge is -2.12. The molecule has 5 heteroatoms. The molecule has 19 heavy (non-hydrogen) atoms. The van der Waals surface area contributed by atoms with E-state index in [2.05, 4.69) is 11.4 Å². The van der Waals surface area contributed by atoms with E-state index in [1.54, 1.807) is 6.92 Å². The van der Waals surface area contributed by atoms with Gasteiger partial charge in [-0.15, -0.1) is 0 Å². The van der Waals surface area contributed by atoms with Gasteiger partial charge in [0.1, 0.15) is 0 Å². The van der Waals surface area contributed by atoms with Crippen molar-refractivity contribution in [2.75, 3.05) is 18.5 Å². The lowest BCUT2D eigenvalue weighted by molar-refractivity contribution is -0.145. The fraction of sp³-hybridized carbons (Fsp3) is 0.429. The Morgan fingerprint density at radius 3 is 2.74 bits per heavy atom. The van der Waals surface area contributed by atoms with Gasteiger partial charge in [0.2, 0.25) is 0 Å². The van der Waals surface area contributed by atoms with Gasteiger partial charge >= 0.3 is 5.97 Å². The number of nitrogens with zero attached hydrogens (tertiary/aromatic N) is 1. The lowest BCUT2D eigenvalue weighted by Crippen LogP contribution is -2.23. The van der Waals surface area contributed by atoms with Crippen LogP contribution in [0.1, 0.15) is 18.9 Å². The number of hydrogen-bond donors (Lipinski definition) is 2. The molecule has 1 rings (SSSR count). The second kappa shape index (κ2) is 8.11. The maximum atomic E-state index is 11.1. The summed E-state index contributed by atoms with van der Waals surface area (Å²) in [7, 11) is 0. The van der Waals surface area contributed by atoms with Crippen LogP contribution in [0.5, 0.6) is 0 Å². The number of carbonyl (C=O) groups excluding carboxylic acids is 1. The van der Waals surface area contributed by atoms with Gasteiger partial charge in [-0.2, -0.15) is 5.26 Å². The summed E-state index contributed by atoms with van der Waals surface area (Å²) < 4.78 is 4.75. The van der Waals surface area contributed by atoms with Gasteiger partial charge in [0.05, 0.1) is 31.6 Å². The largest absolute Gasteiger partial charge is 0.466 e. The van der Waals surface area contributed by atoms with Crippen molar-refractivity contribution < 1.29 is 14.6 Å². The summed E-state index contributed by atoms with van der Waals surface area (Å²) in [6, 6.07) is 9.45. The highest BCUT2D eigenvalue weighted by Gasteiger charge is 2.11. The van der Waals surface area contributed by atoms with Crippen molar-refractivity contribution in [1.29, 1.82) is 5.26 Å². The van der Waals surface area contributed by atoms with Crippen LogP contribution < -0.4 is 5.32 Å². The second-order valence-electron chi connectivity index (χ2n) is 4.08. The lowest BCUT2D eigenvalue weighted by atomic mass is 10.1. The first-order valence-electron chi connectivity index (χ1n) is 6.19. The van der Waals surface area contributed by atoms with Gasteiger partial charge < -0.3 is 15.2 Å². The number of aliphatic hydroxyl groups is 1. The minimum atomic E-state index is -0.780. The van der Waals surface area contributed by atoms with Crippen LogP contribution in [0.2, 0.25) is 0 Å². The Labute approximate surface area is 112 Å². The number of nitriles is 1. The highest BCUT2D eigenvalue weighted by atomic mass is 16.5. The van der Waals surface area contributed by atoms with Crippen LogP contribution in [0.15, 0.2) is 24.3 Å². The molecule has 0 heterocycles. The molecule has 0 fully saturated rings. The zero-order chi connectivity index (χ0) is 14.1. The zero-order valence-corrected chi connectivity index (χ0v) is 10.9. The van der Waals surface area contributed by atoms with E-state index in [0.717, 1.165) is 11.3 Å². The molecule has 0 aromatic heterocycles. The molecule has 0 aliphatic rings. The maximum Gasteiger partial charge on any atom is 0.308 e.